The largest absolute Gasteiger partial charge is 0.469 e. The van der Waals surface area contributed by atoms with Gasteiger partial charge in [-0.25, -0.2) is 0 Å². The average Bonchev–Trinajstić information content (AvgIpc) is 2.79. The van der Waals surface area contributed by atoms with Crippen LogP contribution in [-0.4, -0.2) is 62.6 Å². The van der Waals surface area contributed by atoms with Crippen LogP contribution in [0.2, 0.25) is 0 Å². The first-order valence-corrected chi connectivity index (χ1v) is 8.96. The van der Waals surface area contributed by atoms with Gasteiger partial charge in [0, 0.05) is 32.6 Å². The van der Waals surface area contributed by atoms with Gasteiger partial charge in [0.2, 0.25) is 5.91 Å². The number of hydrogen-bond acceptors (Lipinski definition) is 4. The molecule has 1 aliphatic rings. The minimum atomic E-state index is -0.264. The van der Waals surface area contributed by atoms with E-state index in [9.17, 15) is 9.59 Å². The van der Waals surface area contributed by atoms with Gasteiger partial charge >= 0.3 is 5.97 Å². The molecular formula is C17H33IN4O3. The zero-order valence-corrected chi connectivity index (χ0v) is 18.0. The Balaban J connectivity index is 0.00000576. The lowest BCUT2D eigenvalue weighted by atomic mass is 10.2. The molecule has 0 aliphatic carbocycles. The van der Waals surface area contributed by atoms with E-state index < -0.39 is 0 Å². The quantitative estimate of drug-likeness (QED) is 0.187. The lowest BCUT2D eigenvalue weighted by Gasteiger charge is -2.20. The van der Waals surface area contributed by atoms with E-state index in [0.717, 1.165) is 51.9 Å². The SMILES string of the molecule is CCNC(=NCC(C)C(=O)OC)NCCCN1CCCCCC1=O.I. The topological polar surface area (TPSA) is 83.0 Å². The Kier molecular flexibility index (Phi) is 13.5. The van der Waals surface area contributed by atoms with Crippen LogP contribution in [0, 0.1) is 5.92 Å². The second kappa shape index (κ2) is 14.1. The highest BCUT2D eigenvalue weighted by Crippen LogP contribution is 2.11. The van der Waals surface area contributed by atoms with Gasteiger partial charge in [0.05, 0.1) is 19.6 Å². The number of rotatable bonds is 8. The zero-order valence-electron chi connectivity index (χ0n) is 15.7. The van der Waals surface area contributed by atoms with Gasteiger partial charge in [0.15, 0.2) is 5.96 Å². The highest BCUT2D eigenvalue weighted by atomic mass is 127. The number of halogens is 1. The zero-order chi connectivity index (χ0) is 17.8. The van der Waals surface area contributed by atoms with E-state index in [1.807, 2.05) is 11.8 Å². The number of nitrogens with zero attached hydrogens (tertiary/aromatic N) is 2. The van der Waals surface area contributed by atoms with Crippen molar-refractivity contribution in [3.63, 3.8) is 0 Å². The van der Waals surface area contributed by atoms with Gasteiger partial charge < -0.3 is 20.3 Å². The Hall–Kier alpha value is -1.06. The molecule has 2 N–H and O–H groups in total. The third-order valence-electron chi connectivity index (χ3n) is 4.04. The fraction of sp³-hybridized carbons (Fsp3) is 0.824. The standard InChI is InChI=1S/C17H32N4O3.HI/c1-4-18-17(20-13-14(2)16(23)24-3)19-10-8-12-21-11-7-5-6-9-15(21)22;/h14H,4-13H2,1-3H3,(H2,18,19,20);1H. The van der Waals surface area contributed by atoms with Gasteiger partial charge in [0.1, 0.15) is 0 Å². The van der Waals surface area contributed by atoms with E-state index in [1.165, 1.54) is 7.11 Å². The van der Waals surface area contributed by atoms with Crippen molar-refractivity contribution in [2.24, 2.45) is 10.9 Å². The Morgan fingerprint density at radius 1 is 1.32 bits per heavy atom. The van der Waals surface area contributed by atoms with Crippen molar-refractivity contribution in [2.75, 3.05) is 39.8 Å². The molecule has 1 rings (SSSR count). The number of methoxy groups -OCH3 is 1. The summed E-state index contributed by atoms with van der Waals surface area (Å²) in [6.07, 6.45) is 4.83. The van der Waals surface area contributed by atoms with Crippen molar-refractivity contribution in [3.8, 4) is 0 Å². The number of carbonyl (C=O) groups is 2. The summed E-state index contributed by atoms with van der Waals surface area (Å²) in [6, 6.07) is 0. The minimum Gasteiger partial charge on any atom is -0.469 e. The molecule has 146 valence electrons. The van der Waals surface area contributed by atoms with Gasteiger partial charge in [-0.1, -0.05) is 13.3 Å². The van der Waals surface area contributed by atoms with Crippen LogP contribution < -0.4 is 10.6 Å². The minimum absolute atomic E-state index is 0. The lowest BCUT2D eigenvalue weighted by molar-refractivity contribution is -0.144. The molecule has 0 aromatic rings. The van der Waals surface area contributed by atoms with Crippen LogP contribution in [0.5, 0.6) is 0 Å². The summed E-state index contributed by atoms with van der Waals surface area (Å²) in [5, 5.41) is 6.41. The van der Waals surface area contributed by atoms with Crippen LogP contribution in [0.15, 0.2) is 4.99 Å². The fourth-order valence-electron chi connectivity index (χ4n) is 2.60. The molecule has 0 radical (unpaired) electrons. The summed E-state index contributed by atoms with van der Waals surface area (Å²) in [6.45, 7) is 7.33. The van der Waals surface area contributed by atoms with E-state index in [1.54, 1.807) is 6.92 Å². The molecule has 1 unspecified atom stereocenters. The predicted octanol–water partition coefficient (Wildman–Crippen LogP) is 1.76. The van der Waals surface area contributed by atoms with Gasteiger partial charge in [-0.15, -0.1) is 24.0 Å². The summed E-state index contributed by atoms with van der Waals surface area (Å²) < 4.78 is 4.70. The number of amides is 1. The van der Waals surface area contributed by atoms with Crippen molar-refractivity contribution in [1.29, 1.82) is 0 Å². The number of hydrogen-bond donors (Lipinski definition) is 2. The Bertz CT molecular complexity index is 432. The third-order valence-corrected chi connectivity index (χ3v) is 4.04. The number of nitrogens with one attached hydrogen (secondary N) is 2. The molecule has 1 aliphatic heterocycles. The number of ether oxygens (including phenoxy) is 1. The molecule has 1 heterocycles. The van der Waals surface area contributed by atoms with Crippen molar-refractivity contribution in [3.05, 3.63) is 0 Å². The van der Waals surface area contributed by atoms with E-state index >= 15 is 0 Å². The van der Waals surface area contributed by atoms with E-state index in [4.69, 9.17) is 4.74 Å². The van der Waals surface area contributed by atoms with Gasteiger partial charge in [0.25, 0.3) is 0 Å². The molecule has 8 heteroatoms. The van der Waals surface area contributed by atoms with Crippen molar-refractivity contribution >= 4 is 41.8 Å². The number of aliphatic imine (C=N–C) groups is 1. The molecule has 1 atom stereocenters. The van der Waals surface area contributed by atoms with Crippen LogP contribution in [0.25, 0.3) is 0 Å². The van der Waals surface area contributed by atoms with Crippen molar-refractivity contribution < 1.29 is 14.3 Å². The second-order valence-electron chi connectivity index (χ2n) is 6.12. The molecule has 0 saturated carbocycles. The first kappa shape index (κ1) is 23.9. The maximum absolute atomic E-state index is 11.9. The van der Waals surface area contributed by atoms with Gasteiger partial charge in [-0.05, 0) is 26.2 Å². The van der Waals surface area contributed by atoms with Crippen molar-refractivity contribution in [1.82, 2.24) is 15.5 Å². The third kappa shape index (κ3) is 9.86. The first-order chi connectivity index (χ1) is 11.6. The molecule has 0 aromatic carbocycles. The highest BCUT2D eigenvalue weighted by molar-refractivity contribution is 14.0. The number of likely N-dealkylation sites (tertiary alicyclic amines) is 1. The normalized spacial score (nSPS) is 16.5. The molecule has 1 amide bonds. The van der Waals surface area contributed by atoms with Crippen LogP contribution >= 0.6 is 24.0 Å². The van der Waals surface area contributed by atoms with Crippen LogP contribution in [-0.2, 0) is 14.3 Å². The summed E-state index contributed by atoms with van der Waals surface area (Å²) >= 11 is 0. The molecule has 1 saturated heterocycles. The van der Waals surface area contributed by atoms with E-state index in [-0.39, 0.29) is 41.8 Å². The maximum atomic E-state index is 11.9. The van der Waals surface area contributed by atoms with Gasteiger partial charge in [-0.3, -0.25) is 14.6 Å². The summed E-state index contributed by atoms with van der Waals surface area (Å²) in [5.41, 5.74) is 0. The fourth-order valence-corrected chi connectivity index (χ4v) is 2.60. The summed E-state index contributed by atoms with van der Waals surface area (Å²) in [7, 11) is 1.39. The van der Waals surface area contributed by atoms with Crippen molar-refractivity contribution in [2.45, 2.75) is 46.0 Å². The molecule has 25 heavy (non-hydrogen) atoms. The maximum Gasteiger partial charge on any atom is 0.310 e. The average molecular weight is 468 g/mol. The monoisotopic (exact) mass is 468 g/mol. The second-order valence-corrected chi connectivity index (χ2v) is 6.12. The van der Waals surface area contributed by atoms with Crippen LogP contribution in [0.1, 0.15) is 46.0 Å². The van der Waals surface area contributed by atoms with Crippen LogP contribution in [0.4, 0.5) is 0 Å². The number of esters is 1. The summed E-state index contributed by atoms with van der Waals surface area (Å²) in [4.78, 5) is 29.7. The van der Waals surface area contributed by atoms with E-state index in [0.29, 0.717) is 18.9 Å². The molecule has 7 nitrogen and oxygen atoms in total. The Labute approximate surface area is 168 Å². The Morgan fingerprint density at radius 2 is 2.08 bits per heavy atom. The molecule has 1 fully saturated rings. The smallest absolute Gasteiger partial charge is 0.310 e. The molecule has 0 aromatic heterocycles. The number of guanidine groups is 1. The summed E-state index contributed by atoms with van der Waals surface area (Å²) in [5.74, 6) is 0.449. The molecule has 0 spiro atoms. The number of carbonyl (C=O) groups excluding carboxylic acids is 2. The first-order valence-electron chi connectivity index (χ1n) is 8.96. The van der Waals surface area contributed by atoms with Gasteiger partial charge in [-0.2, -0.15) is 0 Å². The molecular weight excluding hydrogens is 435 g/mol. The van der Waals surface area contributed by atoms with E-state index in [2.05, 4.69) is 15.6 Å². The Morgan fingerprint density at radius 3 is 2.76 bits per heavy atom. The lowest BCUT2D eigenvalue weighted by Crippen LogP contribution is -2.40. The van der Waals surface area contributed by atoms with Crippen LogP contribution in [0.3, 0.4) is 0 Å². The highest BCUT2D eigenvalue weighted by Gasteiger charge is 2.16. The predicted molar refractivity (Wildman–Crippen MR) is 110 cm³/mol. The molecule has 0 bridgehead atoms.